The van der Waals surface area contributed by atoms with Gasteiger partial charge in [0.25, 0.3) is 0 Å². The van der Waals surface area contributed by atoms with Gasteiger partial charge in [0, 0.05) is 33.4 Å². The Hall–Kier alpha value is -1.62. The summed E-state index contributed by atoms with van der Waals surface area (Å²) in [5.74, 6) is 1.63. The molecule has 0 unspecified atom stereocenters. The van der Waals surface area contributed by atoms with Gasteiger partial charge in [0.15, 0.2) is 0 Å². The molecular weight excluding hydrogens is 226 g/mol. The number of rotatable bonds is 5. The molecule has 0 aromatic carbocycles. The van der Waals surface area contributed by atoms with E-state index in [1.165, 1.54) is 5.57 Å². The molecule has 0 radical (unpaired) electrons. The Morgan fingerprint density at radius 2 is 2.33 bits per heavy atom. The van der Waals surface area contributed by atoms with E-state index in [4.69, 9.17) is 0 Å². The summed E-state index contributed by atoms with van der Waals surface area (Å²) in [4.78, 5) is 10.5. The summed E-state index contributed by atoms with van der Waals surface area (Å²) in [6.45, 7) is 3.04. The van der Waals surface area contributed by atoms with Gasteiger partial charge < -0.3 is 15.5 Å². The van der Waals surface area contributed by atoms with E-state index in [1.54, 1.807) is 6.20 Å². The van der Waals surface area contributed by atoms with Gasteiger partial charge in [0.2, 0.25) is 5.95 Å². The molecule has 2 rings (SSSR count). The summed E-state index contributed by atoms with van der Waals surface area (Å²) in [6.07, 6.45) is 6.32. The fraction of sp³-hybridized carbons (Fsp3) is 0.538. The minimum Gasteiger partial charge on any atom is -0.370 e. The summed E-state index contributed by atoms with van der Waals surface area (Å²) in [5.41, 5.74) is 1.53. The minimum absolute atomic E-state index is 0.737. The van der Waals surface area contributed by atoms with Gasteiger partial charge in [0.1, 0.15) is 5.82 Å². The molecule has 0 atom stereocenters. The Kier molecular flexibility index (Phi) is 4.52. The number of aromatic nitrogens is 2. The molecule has 0 fully saturated rings. The topological polar surface area (TPSA) is 53.1 Å². The van der Waals surface area contributed by atoms with Crippen molar-refractivity contribution in [2.24, 2.45) is 0 Å². The first kappa shape index (κ1) is 12.8. The van der Waals surface area contributed by atoms with Crippen molar-refractivity contribution in [1.29, 1.82) is 0 Å². The van der Waals surface area contributed by atoms with Crippen LogP contribution in [0.25, 0.3) is 0 Å². The van der Waals surface area contributed by atoms with Gasteiger partial charge in [0.05, 0.1) is 0 Å². The third kappa shape index (κ3) is 3.70. The van der Waals surface area contributed by atoms with Crippen molar-refractivity contribution < 1.29 is 0 Å². The van der Waals surface area contributed by atoms with E-state index in [0.29, 0.717) is 0 Å². The Bertz CT molecular complexity index is 414. The first-order valence-corrected chi connectivity index (χ1v) is 6.38. The molecule has 1 aromatic heterocycles. The highest BCUT2D eigenvalue weighted by Crippen LogP contribution is 2.11. The molecule has 0 saturated heterocycles. The molecule has 0 saturated carbocycles. The van der Waals surface area contributed by atoms with Crippen molar-refractivity contribution in [3.05, 3.63) is 23.9 Å². The van der Waals surface area contributed by atoms with Crippen molar-refractivity contribution in [3.63, 3.8) is 0 Å². The normalized spacial score (nSPS) is 15.1. The summed E-state index contributed by atoms with van der Waals surface area (Å²) >= 11 is 0. The second kappa shape index (κ2) is 6.35. The highest BCUT2D eigenvalue weighted by atomic mass is 15.2. The minimum atomic E-state index is 0.737. The average Bonchev–Trinajstić information content (AvgIpc) is 2.40. The van der Waals surface area contributed by atoms with Gasteiger partial charge in [-0.1, -0.05) is 11.6 Å². The van der Waals surface area contributed by atoms with E-state index in [1.807, 2.05) is 25.1 Å². The monoisotopic (exact) mass is 247 g/mol. The number of hydrogen-bond acceptors (Lipinski definition) is 5. The Balaban J connectivity index is 1.82. The van der Waals surface area contributed by atoms with E-state index in [2.05, 4.69) is 26.7 Å². The first-order chi connectivity index (χ1) is 8.75. The van der Waals surface area contributed by atoms with Gasteiger partial charge in [-0.05, 0) is 25.5 Å². The molecule has 18 heavy (non-hydrogen) atoms. The highest BCUT2D eigenvalue weighted by Gasteiger charge is 2.03. The second-order valence-corrected chi connectivity index (χ2v) is 4.63. The molecule has 2 N–H and O–H groups in total. The van der Waals surface area contributed by atoms with Crippen LogP contribution in [0.3, 0.4) is 0 Å². The quantitative estimate of drug-likeness (QED) is 0.767. The van der Waals surface area contributed by atoms with Crippen LogP contribution in [0.2, 0.25) is 0 Å². The number of nitrogens with one attached hydrogen (secondary N) is 2. The zero-order valence-electron chi connectivity index (χ0n) is 11.1. The smallest absolute Gasteiger partial charge is 0.226 e. The predicted octanol–water partition coefficient (Wildman–Crippen LogP) is 1.26. The van der Waals surface area contributed by atoms with Crippen molar-refractivity contribution in [1.82, 2.24) is 15.3 Å². The lowest BCUT2D eigenvalue weighted by molar-refractivity contribution is 0.683. The lowest BCUT2D eigenvalue weighted by Gasteiger charge is -2.15. The third-order valence-corrected chi connectivity index (χ3v) is 2.95. The van der Waals surface area contributed by atoms with Gasteiger partial charge in [-0.25, -0.2) is 4.98 Å². The van der Waals surface area contributed by atoms with Gasteiger partial charge in [-0.2, -0.15) is 4.98 Å². The first-order valence-electron chi connectivity index (χ1n) is 6.38. The molecule has 1 aromatic rings. The summed E-state index contributed by atoms with van der Waals surface area (Å²) in [5, 5.41) is 6.67. The molecular formula is C13H21N5. The fourth-order valence-electron chi connectivity index (χ4n) is 1.91. The predicted molar refractivity (Wildman–Crippen MR) is 75.0 cm³/mol. The number of anilines is 2. The van der Waals surface area contributed by atoms with E-state index < -0.39 is 0 Å². The Morgan fingerprint density at radius 1 is 1.44 bits per heavy atom. The highest BCUT2D eigenvalue weighted by molar-refractivity contribution is 5.40. The molecule has 0 amide bonds. The van der Waals surface area contributed by atoms with Crippen LogP contribution in [0, 0.1) is 0 Å². The van der Waals surface area contributed by atoms with Crippen LogP contribution < -0.4 is 15.5 Å². The van der Waals surface area contributed by atoms with Gasteiger partial charge in [-0.3, -0.25) is 0 Å². The summed E-state index contributed by atoms with van der Waals surface area (Å²) in [6, 6.07) is 1.91. The van der Waals surface area contributed by atoms with Crippen LogP contribution in [0.15, 0.2) is 23.9 Å². The Morgan fingerprint density at radius 3 is 3.06 bits per heavy atom. The lowest BCUT2D eigenvalue weighted by atomic mass is 10.1. The van der Waals surface area contributed by atoms with Crippen molar-refractivity contribution in [2.75, 3.05) is 43.9 Å². The zero-order valence-corrected chi connectivity index (χ0v) is 11.1. The second-order valence-electron chi connectivity index (χ2n) is 4.63. The van der Waals surface area contributed by atoms with Crippen LogP contribution in [0.5, 0.6) is 0 Å². The molecule has 0 bridgehead atoms. The molecule has 0 spiro atoms. The van der Waals surface area contributed by atoms with Crippen LogP contribution in [0.4, 0.5) is 11.8 Å². The average molecular weight is 247 g/mol. The van der Waals surface area contributed by atoms with E-state index in [9.17, 15) is 0 Å². The molecule has 0 aliphatic carbocycles. The molecule has 1 aliphatic rings. The Labute approximate surface area is 108 Å². The molecule has 5 nitrogen and oxygen atoms in total. The van der Waals surface area contributed by atoms with Gasteiger partial charge in [-0.15, -0.1) is 0 Å². The maximum absolute atomic E-state index is 4.43. The summed E-state index contributed by atoms with van der Waals surface area (Å²) < 4.78 is 0. The van der Waals surface area contributed by atoms with E-state index in [-0.39, 0.29) is 0 Å². The maximum atomic E-state index is 4.43. The number of nitrogens with zero attached hydrogens (tertiary/aromatic N) is 3. The SMILES string of the molecule is CN(C)c1nccc(NCCC2=CCNCC2)n1. The molecule has 5 heteroatoms. The van der Waals surface area contributed by atoms with E-state index >= 15 is 0 Å². The zero-order chi connectivity index (χ0) is 12.8. The van der Waals surface area contributed by atoms with Crippen LogP contribution in [0.1, 0.15) is 12.8 Å². The summed E-state index contributed by atoms with van der Waals surface area (Å²) in [7, 11) is 3.89. The van der Waals surface area contributed by atoms with Crippen molar-refractivity contribution >= 4 is 11.8 Å². The molecule has 2 heterocycles. The maximum Gasteiger partial charge on any atom is 0.226 e. The standard InChI is InChI=1S/C13H21N5/c1-18(2)13-16-10-6-12(17-13)15-9-5-11-3-7-14-8-4-11/h3,6,10,14H,4-5,7-9H2,1-2H3,(H,15,16,17). The largest absolute Gasteiger partial charge is 0.370 e. The van der Waals surface area contributed by atoms with Crippen LogP contribution in [-0.4, -0.2) is 43.7 Å². The van der Waals surface area contributed by atoms with Crippen LogP contribution in [-0.2, 0) is 0 Å². The van der Waals surface area contributed by atoms with Crippen molar-refractivity contribution in [3.8, 4) is 0 Å². The van der Waals surface area contributed by atoms with Gasteiger partial charge >= 0.3 is 0 Å². The molecule has 1 aliphatic heterocycles. The van der Waals surface area contributed by atoms with Crippen molar-refractivity contribution in [2.45, 2.75) is 12.8 Å². The van der Waals surface area contributed by atoms with E-state index in [0.717, 1.165) is 44.2 Å². The van der Waals surface area contributed by atoms with Crippen LogP contribution >= 0.6 is 0 Å². The number of hydrogen-bond donors (Lipinski definition) is 2. The third-order valence-electron chi connectivity index (χ3n) is 2.95. The lowest BCUT2D eigenvalue weighted by Crippen LogP contribution is -2.21. The molecule has 98 valence electrons. The fourth-order valence-corrected chi connectivity index (χ4v) is 1.91.